The highest BCUT2D eigenvalue weighted by Crippen LogP contribution is 2.44. The largest absolute Gasteiger partial charge is 0.396 e. The predicted octanol–water partition coefficient (Wildman–Crippen LogP) is 4.34. The number of hydrogen-bond acceptors (Lipinski definition) is 1. The Morgan fingerprint density at radius 2 is 1.00 bits per heavy atom. The number of aliphatic hydroxyl groups is 1. The Kier molecular flexibility index (Phi) is 6.89. The fourth-order valence-electron chi connectivity index (χ4n) is 3.47. The van der Waals surface area contributed by atoms with Crippen molar-refractivity contribution in [2.24, 2.45) is 0 Å². The summed E-state index contributed by atoms with van der Waals surface area (Å²) in [7, 11) is 0. The van der Waals surface area contributed by atoms with Gasteiger partial charge in [-0.1, -0.05) is 103 Å². The first kappa shape index (κ1) is 18.7. The van der Waals surface area contributed by atoms with Gasteiger partial charge in [0.15, 0.2) is 0 Å². The first-order chi connectivity index (χ1) is 12.9. The summed E-state index contributed by atoms with van der Waals surface area (Å²) in [5.74, 6) is 2.57. The maximum absolute atomic E-state index is 9.06. The van der Waals surface area contributed by atoms with Crippen LogP contribution in [0.4, 0.5) is 0 Å². The lowest BCUT2D eigenvalue weighted by Crippen LogP contribution is -2.26. The molecule has 0 saturated carbocycles. The topological polar surface area (TPSA) is 20.2 Å². The number of benzene rings is 3. The first-order valence-electron chi connectivity index (χ1n) is 9.39. The van der Waals surface area contributed by atoms with Crippen molar-refractivity contribution in [2.75, 3.05) is 6.61 Å². The van der Waals surface area contributed by atoms with E-state index in [1.165, 1.54) is 15.9 Å². The molecule has 0 saturated heterocycles. The zero-order valence-electron chi connectivity index (χ0n) is 15.2. The molecule has 0 atom stereocenters. The van der Waals surface area contributed by atoms with Crippen molar-refractivity contribution in [3.63, 3.8) is 0 Å². The first-order valence-corrected chi connectivity index (χ1v) is 11.2. The normalized spacial score (nSPS) is 11.3. The van der Waals surface area contributed by atoms with Gasteiger partial charge < -0.3 is 5.11 Å². The molecule has 0 bridgehead atoms. The Bertz CT molecular complexity index is 722. The molecule has 3 rings (SSSR count). The molecule has 0 aliphatic carbocycles. The summed E-state index contributed by atoms with van der Waals surface area (Å²) in [6.07, 6.45) is 4.15. The summed E-state index contributed by atoms with van der Waals surface area (Å²) in [5, 5.41) is 13.3. The Morgan fingerprint density at radius 3 is 1.38 bits per heavy atom. The van der Waals surface area contributed by atoms with Crippen molar-refractivity contribution in [3.8, 4) is 0 Å². The van der Waals surface area contributed by atoms with Gasteiger partial charge in [0.2, 0.25) is 0 Å². The van der Waals surface area contributed by atoms with Crippen LogP contribution < -0.4 is 15.9 Å². The molecule has 0 aromatic heterocycles. The third-order valence-corrected chi connectivity index (χ3v) is 8.90. The van der Waals surface area contributed by atoms with Crippen LogP contribution in [0.3, 0.4) is 0 Å². The van der Waals surface area contributed by atoms with Crippen molar-refractivity contribution in [2.45, 2.75) is 25.7 Å². The van der Waals surface area contributed by atoms with Gasteiger partial charge in [-0.2, -0.15) is 0 Å². The van der Waals surface area contributed by atoms with Gasteiger partial charge in [0, 0.05) is 6.61 Å². The minimum Gasteiger partial charge on any atom is -0.396 e. The second kappa shape index (κ2) is 9.57. The molecule has 0 amide bonds. The summed E-state index contributed by atoms with van der Waals surface area (Å²) in [4.78, 5) is 0. The molecular formula is C24H27OP. The minimum atomic E-state index is -1.79. The Labute approximate surface area is 157 Å². The molecule has 0 aliphatic heterocycles. The van der Waals surface area contributed by atoms with Gasteiger partial charge >= 0.3 is 0 Å². The molecular weight excluding hydrogens is 335 g/mol. The van der Waals surface area contributed by atoms with Crippen molar-refractivity contribution in [1.29, 1.82) is 0 Å². The van der Waals surface area contributed by atoms with Gasteiger partial charge in [-0.3, -0.25) is 0 Å². The van der Waals surface area contributed by atoms with E-state index >= 15 is 0 Å². The van der Waals surface area contributed by atoms with E-state index in [2.05, 4.69) is 96.8 Å². The molecule has 0 heterocycles. The second-order valence-corrected chi connectivity index (χ2v) is 9.84. The summed E-state index contributed by atoms with van der Waals surface area (Å²) in [5.41, 5.74) is 0. The molecule has 1 N–H and O–H groups in total. The van der Waals surface area contributed by atoms with E-state index in [0.29, 0.717) is 0 Å². The molecule has 0 spiro atoms. The van der Waals surface area contributed by atoms with Crippen LogP contribution in [-0.4, -0.2) is 17.5 Å². The van der Waals surface area contributed by atoms with E-state index in [1.807, 2.05) is 0 Å². The monoisotopic (exact) mass is 362 g/mol. The van der Waals surface area contributed by atoms with Crippen molar-refractivity contribution in [3.05, 3.63) is 91.0 Å². The molecule has 134 valence electrons. The average molecular weight is 362 g/mol. The van der Waals surface area contributed by atoms with Gasteiger partial charge in [-0.15, -0.1) is 0 Å². The van der Waals surface area contributed by atoms with E-state index in [1.54, 1.807) is 0 Å². The Balaban J connectivity index is 2.17. The quantitative estimate of drug-likeness (QED) is 0.467. The number of rotatable bonds is 8. The molecule has 1 nitrogen and oxygen atoms in total. The van der Waals surface area contributed by atoms with E-state index < -0.39 is 6.89 Å². The summed E-state index contributed by atoms with van der Waals surface area (Å²) < 4.78 is 0. The maximum atomic E-state index is 9.06. The van der Waals surface area contributed by atoms with Crippen LogP contribution in [0.15, 0.2) is 91.0 Å². The smallest absolute Gasteiger partial charge is 0.0431 e. The standard InChI is InChI=1S/C24H27OP/c25-20-12-1-2-13-21-26(22-14-6-3-7-15-22,23-16-8-4-9-17-23)24-18-10-5-11-19-24/h3-11,14-19,21,25H,1-2,12-13,20H2. The zero-order chi connectivity index (χ0) is 18.1. The van der Waals surface area contributed by atoms with Gasteiger partial charge in [0.05, 0.1) is 0 Å². The van der Waals surface area contributed by atoms with Crippen LogP contribution in [-0.2, 0) is 0 Å². The van der Waals surface area contributed by atoms with Crippen LogP contribution in [0.25, 0.3) is 0 Å². The van der Waals surface area contributed by atoms with Crippen LogP contribution in [0.2, 0.25) is 0 Å². The average Bonchev–Trinajstić information content (AvgIpc) is 2.73. The molecule has 26 heavy (non-hydrogen) atoms. The van der Waals surface area contributed by atoms with E-state index in [-0.39, 0.29) is 6.61 Å². The fourth-order valence-corrected chi connectivity index (χ4v) is 7.49. The zero-order valence-corrected chi connectivity index (χ0v) is 16.1. The number of hydrogen-bond donors (Lipinski definition) is 1. The number of aliphatic hydroxyl groups excluding tert-OH is 1. The molecule has 3 aromatic carbocycles. The van der Waals surface area contributed by atoms with Crippen molar-refractivity contribution < 1.29 is 5.11 Å². The van der Waals surface area contributed by atoms with E-state index in [4.69, 9.17) is 5.11 Å². The molecule has 0 radical (unpaired) electrons. The lowest BCUT2D eigenvalue weighted by atomic mass is 10.2. The summed E-state index contributed by atoms with van der Waals surface area (Å²) in [6.45, 7) is -1.50. The molecule has 0 unspecified atom stereocenters. The van der Waals surface area contributed by atoms with Crippen molar-refractivity contribution >= 4 is 28.6 Å². The highest BCUT2D eigenvalue weighted by molar-refractivity contribution is 7.94. The fraction of sp³-hybridized carbons (Fsp3) is 0.208. The lowest BCUT2D eigenvalue weighted by Gasteiger charge is -2.29. The predicted molar refractivity (Wildman–Crippen MR) is 117 cm³/mol. The minimum absolute atomic E-state index is 0.288. The number of unbranched alkanes of at least 4 members (excludes halogenated alkanes) is 3. The van der Waals surface area contributed by atoms with Gasteiger partial charge in [-0.05, 0) is 42.1 Å². The molecule has 0 fully saturated rings. The summed E-state index contributed by atoms with van der Waals surface area (Å²) >= 11 is 0. The highest BCUT2D eigenvalue weighted by Gasteiger charge is 2.24. The third kappa shape index (κ3) is 4.18. The third-order valence-electron chi connectivity index (χ3n) is 4.76. The molecule has 3 aromatic rings. The van der Waals surface area contributed by atoms with Crippen LogP contribution in [0, 0.1) is 0 Å². The van der Waals surface area contributed by atoms with Crippen molar-refractivity contribution in [1.82, 2.24) is 0 Å². The van der Waals surface area contributed by atoms with Crippen LogP contribution in [0.1, 0.15) is 25.7 Å². The van der Waals surface area contributed by atoms with Gasteiger partial charge in [0.1, 0.15) is 0 Å². The second-order valence-electron chi connectivity index (χ2n) is 6.48. The van der Waals surface area contributed by atoms with Gasteiger partial charge in [-0.25, -0.2) is 0 Å². The Morgan fingerprint density at radius 1 is 0.577 bits per heavy atom. The SMILES string of the molecule is OCCCCCC=P(c1ccccc1)(c1ccccc1)c1ccccc1. The highest BCUT2D eigenvalue weighted by atomic mass is 31.2. The van der Waals surface area contributed by atoms with Gasteiger partial charge in [0.25, 0.3) is 0 Å². The summed E-state index contributed by atoms with van der Waals surface area (Å²) in [6, 6.07) is 32.8. The molecule has 0 aliphatic rings. The van der Waals surface area contributed by atoms with Crippen LogP contribution >= 0.6 is 6.89 Å². The lowest BCUT2D eigenvalue weighted by molar-refractivity contribution is 0.283. The van der Waals surface area contributed by atoms with E-state index in [9.17, 15) is 0 Å². The van der Waals surface area contributed by atoms with E-state index in [0.717, 1.165) is 25.7 Å². The Hall–Kier alpha value is -2.08. The maximum Gasteiger partial charge on any atom is 0.0431 e. The molecule has 2 heteroatoms. The van der Waals surface area contributed by atoms with Crippen LogP contribution in [0.5, 0.6) is 0 Å².